The van der Waals surface area contributed by atoms with Gasteiger partial charge in [-0.3, -0.25) is 0 Å². The largest absolute Gasteiger partial charge is 0.398 e. The van der Waals surface area contributed by atoms with Gasteiger partial charge >= 0.3 is 0 Å². The average molecular weight is 228 g/mol. The number of hydrogen-bond donors (Lipinski definition) is 2. The van der Waals surface area contributed by atoms with Crippen LogP contribution >= 0.6 is 11.6 Å². The lowest BCUT2D eigenvalue weighted by Crippen LogP contribution is -2.12. The van der Waals surface area contributed by atoms with E-state index < -0.39 is 6.10 Å². The molecule has 1 aromatic carbocycles. The quantitative estimate of drug-likeness (QED) is 0.775. The maximum Gasteiger partial charge on any atom is 0.0837 e. The average Bonchev–Trinajstić information content (AvgIpc) is 2.19. The van der Waals surface area contributed by atoms with Crippen molar-refractivity contribution in [3.05, 3.63) is 28.8 Å². The van der Waals surface area contributed by atoms with Crippen molar-refractivity contribution in [2.45, 2.75) is 32.8 Å². The second-order valence-corrected chi connectivity index (χ2v) is 4.23. The molecule has 0 aliphatic heterocycles. The number of hydrogen-bond acceptors (Lipinski definition) is 2. The molecule has 0 fully saturated rings. The van der Waals surface area contributed by atoms with Gasteiger partial charge in [-0.25, -0.2) is 0 Å². The Morgan fingerprint density at radius 2 is 1.93 bits per heavy atom. The van der Waals surface area contributed by atoms with E-state index in [1.165, 1.54) is 0 Å². The SMILES string of the molecule is CCC(CC)C(O)c1ccc(Cl)cc1N. The number of anilines is 1. The first-order chi connectivity index (χ1) is 7.10. The highest BCUT2D eigenvalue weighted by molar-refractivity contribution is 6.30. The molecule has 15 heavy (non-hydrogen) atoms. The Morgan fingerprint density at radius 1 is 1.33 bits per heavy atom. The summed E-state index contributed by atoms with van der Waals surface area (Å²) in [4.78, 5) is 0. The summed E-state index contributed by atoms with van der Waals surface area (Å²) in [5.74, 6) is 0.258. The van der Waals surface area contributed by atoms with E-state index >= 15 is 0 Å². The molecule has 0 amide bonds. The van der Waals surface area contributed by atoms with Crippen molar-refractivity contribution < 1.29 is 5.11 Å². The summed E-state index contributed by atoms with van der Waals surface area (Å²) in [6.07, 6.45) is 1.40. The Hall–Kier alpha value is -0.730. The zero-order valence-corrected chi connectivity index (χ0v) is 9.96. The zero-order chi connectivity index (χ0) is 11.4. The topological polar surface area (TPSA) is 46.2 Å². The lowest BCUT2D eigenvalue weighted by atomic mass is 9.90. The Bertz CT molecular complexity index is 323. The van der Waals surface area contributed by atoms with E-state index in [0.717, 1.165) is 18.4 Å². The van der Waals surface area contributed by atoms with Gasteiger partial charge < -0.3 is 10.8 Å². The first-order valence-electron chi connectivity index (χ1n) is 5.33. The molecule has 0 bridgehead atoms. The van der Waals surface area contributed by atoms with Crippen LogP contribution in [0.2, 0.25) is 5.02 Å². The van der Waals surface area contributed by atoms with Crippen LogP contribution in [0.15, 0.2) is 18.2 Å². The predicted octanol–water partition coefficient (Wildman–Crippen LogP) is 3.39. The molecule has 1 rings (SSSR count). The van der Waals surface area contributed by atoms with E-state index in [2.05, 4.69) is 13.8 Å². The molecule has 0 aromatic heterocycles. The lowest BCUT2D eigenvalue weighted by Gasteiger charge is -2.21. The number of nitrogen functional groups attached to an aromatic ring is 1. The number of nitrogens with two attached hydrogens (primary N) is 1. The molecule has 1 aromatic rings. The fourth-order valence-corrected chi connectivity index (χ4v) is 1.98. The Labute approximate surface area is 96.1 Å². The maximum absolute atomic E-state index is 10.1. The lowest BCUT2D eigenvalue weighted by molar-refractivity contribution is 0.104. The summed E-state index contributed by atoms with van der Waals surface area (Å²) in [6, 6.07) is 5.25. The molecule has 3 N–H and O–H groups in total. The van der Waals surface area contributed by atoms with Crippen molar-refractivity contribution >= 4 is 17.3 Å². The van der Waals surface area contributed by atoms with Crippen LogP contribution in [0, 0.1) is 5.92 Å². The van der Waals surface area contributed by atoms with Crippen molar-refractivity contribution in [3.8, 4) is 0 Å². The molecule has 0 heterocycles. The summed E-state index contributed by atoms with van der Waals surface area (Å²) in [5, 5.41) is 10.7. The monoisotopic (exact) mass is 227 g/mol. The minimum atomic E-state index is -0.489. The highest BCUT2D eigenvalue weighted by Crippen LogP contribution is 2.31. The van der Waals surface area contributed by atoms with E-state index in [1.807, 2.05) is 0 Å². The number of aliphatic hydroxyl groups excluding tert-OH is 1. The Kier molecular flexibility index (Phi) is 4.43. The Morgan fingerprint density at radius 3 is 2.40 bits per heavy atom. The molecular weight excluding hydrogens is 210 g/mol. The van der Waals surface area contributed by atoms with Crippen molar-refractivity contribution in [1.82, 2.24) is 0 Å². The molecule has 0 radical (unpaired) electrons. The summed E-state index contributed by atoms with van der Waals surface area (Å²) in [6.45, 7) is 4.15. The minimum absolute atomic E-state index is 0.258. The predicted molar refractivity (Wildman–Crippen MR) is 64.9 cm³/mol. The zero-order valence-electron chi connectivity index (χ0n) is 9.20. The van der Waals surface area contributed by atoms with Crippen LogP contribution in [0.4, 0.5) is 5.69 Å². The second kappa shape index (κ2) is 5.38. The smallest absolute Gasteiger partial charge is 0.0837 e. The van der Waals surface area contributed by atoms with Gasteiger partial charge in [-0.1, -0.05) is 44.4 Å². The molecule has 0 saturated heterocycles. The van der Waals surface area contributed by atoms with Gasteiger partial charge in [0.1, 0.15) is 0 Å². The molecule has 1 unspecified atom stereocenters. The number of aliphatic hydroxyl groups is 1. The molecule has 1 atom stereocenters. The third kappa shape index (κ3) is 2.86. The first kappa shape index (κ1) is 12.3. The Balaban J connectivity index is 2.94. The number of benzene rings is 1. The third-order valence-corrected chi connectivity index (χ3v) is 3.10. The summed E-state index contributed by atoms with van der Waals surface area (Å²) >= 11 is 5.81. The molecule has 2 nitrogen and oxygen atoms in total. The minimum Gasteiger partial charge on any atom is -0.398 e. The van der Waals surface area contributed by atoms with Crippen molar-refractivity contribution in [1.29, 1.82) is 0 Å². The highest BCUT2D eigenvalue weighted by atomic mass is 35.5. The van der Waals surface area contributed by atoms with Gasteiger partial charge in [0.2, 0.25) is 0 Å². The van der Waals surface area contributed by atoms with Gasteiger partial charge in [-0.05, 0) is 18.1 Å². The molecule has 0 saturated carbocycles. The standard InChI is InChI=1S/C12H18ClNO/c1-3-8(4-2)12(15)10-6-5-9(13)7-11(10)14/h5-8,12,15H,3-4,14H2,1-2H3. The van der Waals surface area contributed by atoms with Crippen LogP contribution < -0.4 is 5.73 Å². The van der Waals surface area contributed by atoms with Gasteiger partial charge in [0.15, 0.2) is 0 Å². The van der Waals surface area contributed by atoms with Gasteiger partial charge in [0.05, 0.1) is 6.10 Å². The van der Waals surface area contributed by atoms with Crippen LogP contribution in [0.5, 0.6) is 0 Å². The molecule has 0 aliphatic rings. The van der Waals surface area contributed by atoms with Gasteiger partial charge in [0, 0.05) is 16.3 Å². The maximum atomic E-state index is 10.1. The molecule has 0 aliphatic carbocycles. The van der Waals surface area contributed by atoms with E-state index in [4.69, 9.17) is 17.3 Å². The van der Waals surface area contributed by atoms with E-state index in [-0.39, 0.29) is 5.92 Å². The van der Waals surface area contributed by atoms with Crippen molar-refractivity contribution in [2.24, 2.45) is 5.92 Å². The molecule has 3 heteroatoms. The van der Waals surface area contributed by atoms with Gasteiger partial charge in [0.25, 0.3) is 0 Å². The molecule has 0 spiro atoms. The second-order valence-electron chi connectivity index (χ2n) is 3.79. The highest BCUT2D eigenvalue weighted by Gasteiger charge is 2.19. The molecular formula is C12H18ClNO. The first-order valence-corrected chi connectivity index (χ1v) is 5.70. The van der Waals surface area contributed by atoms with E-state index in [1.54, 1.807) is 18.2 Å². The summed E-state index contributed by atoms with van der Waals surface area (Å²) < 4.78 is 0. The fourth-order valence-electron chi connectivity index (χ4n) is 1.80. The van der Waals surface area contributed by atoms with Crippen molar-refractivity contribution in [2.75, 3.05) is 5.73 Å². The van der Waals surface area contributed by atoms with Crippen LogP contribution in [0.1, 0.15) is 38.4 Å². The summed E-state index contributed by atoms with van der Waals surface area (Å²) in [5.41, 5.74) is 7.18. The van der Waals surface area contributed by atoms with Crippen molar-refractivity contribution in [3.63, 3.8) is 0 Å². The van der Waals surface area contributed by atoms with Crippen LogP contribution in [0.3, 0.4) is 0 Å². The number of halogens is 1. The van der Waals surface area contributed by atoms with Crippen LogP contribution in [0.25, 0.3) is 0 Å². The van der Waals surface area contributed by atoms with E-state index in [9.17, 15) is 5.11 Å². The van der Waals surface area contributed by atoms with E-state index in [0.29, 0.717) is 10.7 Å². The van der Waals surface area contributed by atoms with Gasteiger partial charge in [-0.2, -0.15) is 0 Å². The van der Waals surface area contributed by atoms with Crippen LogP contribution in [-0.2, 0) is 0 Å². The fraction of sp³-hybridized carbons (Fsp3) is 0.500. The third-order valence-electron chi connectivity index (χ3n) is 2.86. The van der Waals surface area contributed by atoms with Gasteiger partial charge in [-0.15, -0.1) is 0 Å². The number of rotatable bonds is 4. The normalized spacial score (nSPS) is 13.1. The summed E-state index contributed by atoms with van der Waals surface area (Å²) in [7, 11) is 0. The van der Waals surface area contributed by atoms with Crippen LogP contribution in [-0.4, -0.2) is 5.11 Å². The molecule has 84 valence electrons.